The molecule has 0 unspecified atom stereocenters. The fourth-order valence-electron chi connectivity index (χ4n) is 4.78. The van der Waals surface area contributed by atoms with Gasteiger partial charge in [-0.15, -0.1) is 0 Å². The van der Waals surface area contributed by atoms with Crippen LogP contribution in [0.3, 0.4) is 0 Å². The molecule has 2 heterocycles. The van der Waals surface area contributed by atoms with E-state index in [1.807, 2.05) is 31.2 Å². The predicted octanol–water partition coefficient (Wildman–Crippen LogP) is 2.43. The topological polar surface area (TPSA) is 174 Å². The van der Waals surface area contributed by atoms with Gasteiger partial charge in [0.1, 0.15) is 5.84 Å². The average molecular weight is 569 g/mol. The minimum Gasteiger partial charge on any atom is -0.450 e. The molecular formula is C28H36N6O5S. The molecule has 2 aliphatic heterocycles. The van der Waals surface area contributed by atoms with E-state index in [0.29, 0.717) is 56.2 Å². The minimum atomic E-state index is -3.60. The predicted molar refractivity (Wildman–Crippen MR) is 154 cm³/mol. The molecule has 0 bridgehead atoms. The van der Waals surface area contributed by atoms with Crippen LogP contribution in [-0.4, -0.2) is 74.8 Å². The van der Waals surface area contributed by atoms with E-state index in [0.717, 1.165) is 23.1 Å². The second kappa shape index (κ2) is 12.6. The summed E-state index contributed by atoms with van der Waals surface area (Å²) in [7, 11) is -3.60. The summed E-state index contributed by atoms with van der Waals surface area (Å²) in [5.41, 5.74) is 20.2. The van der Waals surface area contributed by atoms with Gasteiger partial charge < -0.3 is 26.8 Å². The lowest BCUT2D eigenvalue weighted by molar-refractivity contribution is -0.127. The number of fused-ring (bicyclic) bond motifs is 1. The number of carbonyl (C=O) groups is 2. The van der Waals surface area contributed by atoms with Crippen molar-refractivity contribution in [3.63, 3.8) is 0 Å². The summed E-state index contributed by atoms with van der Waals surface area (Å²) < 4.78 is 32.4. The fraction of sp³-hybridized carbons (Fsp3) is 0.393. The maximum absolute atomic E-state index is 13.4. The standard InChI is InChI=1S/C28H36N6O5S/c1-2-9-33(10-4-11-39-28(31)36)27(35)23-12-22-8-7-21(14-25(22)32-26(30)15-23)20-5-3-6-24(13-20)40(37,38)34-17-19(16-29)18-34/h3,5-8,12-14,19H,2,4,9-11,15-18,29H2,1H3,(H2,30,32)(H2,31,36). The number of hydrogen-bond donors (Lipinski definition) is 3. The normalized spacial score (nSPS) is 15.8. The number of nitrogens with zero attached hydrogens (tertiary/aromatic N) is 3. The summed E-state index contributed by atoms with van der Waals surface area (Å²) in [5.74, 6) is 0.338. The fourth-order valence-corrected chi connectivity index (χ4v) is 6.42. The summed E-state index contributed by atoms with van der Waals surface area (Å²) >= 11 is 0. The molecule has 11 nitrogen and oxygen atoms in total. The number of aliphatic imine (C=N–C) groups is 1. The van der Waals surface area contributed by atoms with Crippen LogP contribution in [-0.2, 0) is 19.6 Å². The van der Waals surface area contributed by atoms with E-state index in [4.69, 9.17) is 21.9 Å². The van der Waals surface area contributed by atoms with Crippen molar-refractivity contribution in [2.24, 2.45) is 28.1 Å². The molecule has 0 radical (unpaired) electrons. The van der Waals surface area contributed by atoms with Crippen molar-refractivity contribution in [3.05, 3.63) is 53.6 Å². The van der Waals surface area contributed by atoms with Crippen LogP contribution in [0.25, 0.3) is 17.2 Å². The zero-order valence-electron chi connectivity index (χ0n) is 22.6. The lowest BCUT2D eigenvalue weighted by Crippen LogP contribution is -2.52. The number of sulfonamides is 1. The maximum atomic E-state index is 13.4. The van der Waals surface area contributed by atoms with E-state index in [9.17, 15) is 18.0 Å². The molecule has 0 saturated carbocycles. The second-order valence-electron chi connectivity index (χ2n) is 9.99. The molecule has 2 amide bonds. The van der Waals surface area contributed by atoms with E-state index in [2.05, 4.69) is 4.99 Å². The van der Waals surface area contributed by atoms with Gasteiger partial charge in [0.15, 0.2) is 0 Å². The van der Waals surface area contributed by atoms with E-state index in [-0.39, 0.29) is 29.7 Å². The van der Waals surface area contributed by atoms with Crippen molar-refractivity contribution < 1.29 is 22.7 Å². The van der Waals surface area contributed by atoms with Crippen LogP contribution in [0.1, 0.15) is 31.7 Å². The highest BCUT2D eigenvalue weighted by molar-refractivity contribution is 7.89. The third-order valence-electron chi connectivity index (χ3n) is 6.93. The van der Waals surface area contributed by atoms with Crippen LogP contribution in [0.4, 0.5) is 10.5 Å². The Hall–Kier alpha value is -3.74. The highest BCUT2D eigenvalue weighted by Gasteiger charge is 2.36. The van der Waals surface area contributed by atoms with Gasteiger partial charge in [-0.25, -0.2) is 18.2 Å². The molecule has 0 aliphatic carbocycles. The number of hydrogen-bond acceptors (Lipinski definition) is 8. The molecule has 1 fully saturated rings. The molecule has 4 rings (SSSR count). The Morgan fingerprint density at radius 3 is 2.58 bits per heavy atom. The molecule has 2 aliphatic rings. The molecule has 2 aromatic rings. The van der Waals surface area contributed by atoms with Crippen LogP contribution in [0.15, 0.2) is 57.9 Å². The molecule has 0 spiro atoms. The zero-order chi connectivity index (χ0) is 28.9. The van der Waals surface area contributed by atoms with Gasteiger partial charge in [-0.1, -0.05) is 31.2 Å². The van der Waals surface area contributed by atoms with Crippen LogP contribution in [0.5, 0.6) is 0 Å². The van der Waals surface area contributed by atoms with Crippen molar-refractivity contribution in [1.82, 2.24) is 9.21 Å². The van der Waals surface area contributed by atoms with Crippen molar-refractivity contribution in [2.75, 3.05) is 39.3 Å². The van der Waals surface area contributed by atoms with Crippen molar-refractivity contribution in [3.8, 4) is 11.1 Å². The van der Waals surface area contributed by atoms with Gasteiger partial charge in [-0.05, 0) is 60.7 Å². The summed E-state index contributed by atoms with van der Waals surface area (Å²) in [6.07, 6.45) is 2.37. The molecule has 40 heavy (non-hydrogen) atoms. The third-order valence-corrected chi connectivity index (χ3v) is 8.76. The van der Waals surface area contributed by atoms with E-state index >= 15 is 0 Å². The second-order valence-corrected chi connectivity index (χ2v) is 11.9. The van der Waals surface area contributed by atoms with Crippen molar-refractivity contribution >= 4 is 39.6 Å². The van der Waals surface area contributed by atoms with Gasteiger partial charge in [0.25, 0.3) is 0 Å². The number of ether oxygens (including phenoxy) is 1. The average Bonchev–Trinajstić information content (AvgIpc) is 3.06. The Balaban J connectivity index is 1.57. The molecule has 6 N–H and O–H groups in total. The minimum absolute atomic E-state index is 0.131. The Morgan fingerprint density at radius 1 is 1.12 bits per heavy atom. The number of carbonyl (C=O) groups excluding carboxylic acids is 2. The van der Waals surface area contributed by atoms with Crippen LogP contribution in [0, 0.1) is 5.92 Å². The Kier molecular flexibility index (Phi) is 9.23. The first kappa shape index (κ1) is 29.2. The third kappa shape index (κ3) is 6.69. The molecule has 2 aromatic carbocycles. The van der Waals surface area contributed by atoms with Crippen LogP contribution in [0.2, 0.25) is 0 Å². The quantitative estimate of drug-likeness (QED) is 0.349. The Labute approximate surface area is 234 Å². The Bertz CT molecular complexity index is 1430. The molecule has 0 aromatic heterocycles. The van der Waals surface area contributed by atoms with Crippen molar-refractivity contribution in [2.45, 2.75) is 31.1 Å². The maximum Gasteiger partial charge on any atom is 0.404 e. The van der Waals surface area contributed by atoms with Gasteiger partial charge in [0.2, 0.25) is 15.9 Å². The van der Waals surface area contributed by atoms with Gasteiger partial charge in [0.05, 0.1) is 17.2 Å². The highest BCUT2D eigenvalue weighted by atomic mass is 32.2. The summed E-state index contributed by atoms with van der Waals surface area (Å²) in [4.78, 5) is 30.7. The lowest BCUT2D eigenvalue weighted by atomic mass is 10.0. The Morgan fingerprint density at radius 2 is 1.88 bits per heavy atom. The lowest BCUT2D eigenvalue weighted by Gasteiger charge is -2.37. The van der Waals surface area contributed by atoms with E-state index in [1.54, 1.807) is 29.2 Å². The number of primary amides is 1. The smallest absolute Gasteiger partial charge is 0.404 e. The number of amidine groups is 1. The van der Waals surface area contributed by atoms with E-state index in [1.165, 1.54) is 4.31 Å². The molecule has 12 heteroatoms. The van der Waals surface area contributed by atoms with Gasteiger partial charge in [-0.3, -0.25) is 4.79 Å². The monoisotopic (exact) mass is 568 g/mol. The number of nitrogens with two attached hydrogens (primary N) is 3. The summed E-state index contributed by atoms with van der Waals surface area (Å²) in [6, 6.07) is 12.4. The summed E-state index contributed by atoms with van der Waals surface area (Å²) in [6.45, 7) is 4.39. The largest absolute Gasteiger partial charge is 0.450 e. The highest BCUT2D eigenvalue weighted by Crippen LogP contribution is 2.34. The zero-order valence-corrected chi connectivity index (χ0v) is 23.4. The number of benzene rings is 2. The molecule has 214 valence electrons. The first-order chi connectivity index (χ1) is 19.1. The molecule has 1 saturated heterocycles. The van der Waals surface area contributed by atoms with Gasteiger partial charge in [0, 0.05) is 43.7 Å². The number of rotatable bonds is 11. The molecular weight excluding hydrogens is 532 g/mol. The van der Waals surface area contributed by atoms with Gasteiger partial charge in [-0.2, -0.15) is 4.31 Å². The number of amides is 2. The SMILES string of the molecule is CCCN(CCCOC(N)=O)C(=O)C1=Cc2ccc(-c3cccc(S(=O)(=O)N4CC(CN)C4)c3)cc2N=C(N)C1. The van der Waals surface area contributed by atoms with Crippen LogP contribution >= 0.6 is 0 Å². The molecule has 0 atom stereocenters. The van der Waals surface area contributed by atoms with E-state index < -0.39 is 16.1 Å². The first-order valence-electron chi connectivity index (χ1n) is 13.3. The van der Waals surface area contributed by atoms with Crippen molar-refractivity contribution in [1.29, 1.82) is 0 Å². The van der Waals surface area contributed by atoms with Crippen LogP contribution < -0.4 is 17.2 Å². The first-order valence-corrected chi connectivity index (χ1v) is 14.8. The van der Waals surface area contributed by atoms with Gasteiger partial charge >= 0.3 is 6.09 Å². The summed E-state index contributed by atoms with van der Waals surface area (Å²) in [5, 5.41) is 0.